The molecule has 9 nitrogen and oxygen atoms in total. The van der Waals surface area contributed by atoms with Crippen LogP contribution in [0.15, 0.2) is 58.1 Å². The Balaban J connectivity index is 2.23. The number of sulfone groups is 1. The largest absolute Gasteiger partial charge is 0.481 e. The van der Waals surface area contributed by atoms with Crippen molar-refractivity contribution in [2.45, 2.75) is 52.4 Å². The maximum Gasteiger partial charge on any atom is 0.308 e. The van der Waals surface area contributed by atoms with E-state index in [0.29, 0.717) is 18.0 Å². The SMILES string of the molecule is CCS(=O)(=O)/C=C(\c1ccc(F)cc1)[C@H](O)C([C@H](O)[C@H](C)C(=O)O)N1OCC2=CCCN=C2C=C1C(C)C. The first kappa shape index (κ1) is 29.7. The summed E-state index contributed by atoms with van der Waals surface area (Å²) in [6, 6.07) is 3.43. The van der Waals surface area contributed by atoms with Crippen LogP contribution < -0.4 is 0 Å². The minimum atomic E-state index is -3.82. The lowest BCUT2D eigenvalue weighted by atomic mass is 9.87. The van der Waals surface area contributed by atoms with E-state index in [0.717, 1.165) is 29.5 Å². The number of aliphatic carboxylic acids is 1. The molecule has 208 valence electrons. The second-order valence-corrected chi connectivity index (χ2v) is 11.8. The minimum Gasteiger partial charge on any atom is -0.481 e. The number of nitrogens with zero attached hydrogens (tertiary/aromatic N) is 2. The van der Waals surface area contributed by atoms with Gasteiger partial charge in [-0.15, -0.1) is 0 Å². The summed E-state index contributed by atoms with van der Waals surface area (Å²) in [5, 5.41) is 35.0. The van der Waals surface area contributed by atoms with Gasteiger partial charge in [-0.2, -0.15) is 0 Å². The molecule has 0 bridgehead atoms. The predicted molar refractivity (Wildman–Crippen MR) is 142 cm³/mol. The lowest BCUT2D eigenvalue weighted by molar-refractivity contribution is -0.201. The first-order valence-corrected chi connectivity index (χ1v) is 14.2. The van der Waals surface area contributed by atoms with Gasteiger partial charge in [0.25, 0.3) is 0 Å². The molecule has 11 heteroatoms. The molecule has 1 unspecified atom stereocenters. The number of aliphatic imine (C=N–C) groups is 1. The molecule has 1 aromatic carbocycles. The summed E-state index contributed by atoms with van der Waals surface area (Å²) in [7, 11) is -3.82. The van der Waals surface area contributed by atoms with Crippen LogP contribution in [0.4, 0.5) is 4.39 Å². The zero-order valence-corrected chi connectivity index (χ0v) is 22.7. The lowest BCUT2D eigenvalue weighted by Crippen LogP contribution is -2.54. The summed E-state index contributed by atoms with van der Waals surface area (Å²) in [5.41, 5.74) is 2.10. The Kier molecular flexibility index (Phi) is 9.64. The van der Waals surface area contributed by atoms with Crippen molar-refractivity contribution in [3.05, 3.63) is 64.5 Å². The number of allylic oxidation sites excluding steroid dienone is 2. The number of fused-ring (bicyclic) bond motifs is 1. The van der Waals surface area contributed by atoms with Crippen molar-refractivity contribution in [1.82, 2.24) is 5.06 Å². The molecule has 38 heavy (non-hydrogen) atoms. The Morgan fingerprint density at radius 2 is 1.87 bits per heavy atom. The van der Waals surface area contributed by atoms with Gasteiger partial charge in [0.1, 0.15) is 24.6 Å². The van der Waals surface area contributed by atoms with Crippen molar-refractivity contribution in [2.24, 2.45) is 16.8 Å². The molecular weight excluding hydrogens is 515 g/mol. The minimum absolute atomic E-state index is 0.0474. The fourth-order valence-corrected chi connectivity index (χ4v) is 5.13. The van der Waals surface area contributed by atoms with E-state index in [1.54, 1.807) is 6.08 Å². The smallest absolute Gasteiger partial charge is 0.308 e. The average molecular weight is 551 g/mol. The highest BCUT2D eigenvalue weighted by Gasteiger charge is 2.43. The molecule has 2 aliphatic heterocycles. The van der Waals surface area contributed by atoms with E-state index in [1.165, 1.54) is 31.0 Å². The third kappa shape index (κ3) is 6.76. The first-order chi connectivity index (χ1) is 17.9. The van der Waals surface area contributed by atoms with Gasteiger partial charge in [-0.3, -0.25) is 14.6 Å². The molecule has 2 aliphatic rings. The van der Waals surface area contributed by atoms with Gasteiger partial charge in [-0.25, -0.2) is 17.9 Å². The molecule has 3 rings (SSSR count). The summed E-state index contributed by atoms with van der Waals surface area (Å²) in [6.45, 7) is 7.11. The molecule has 0 saturated carbocycles. The molecule has 0 aliphatic carbocycles. The fraction of sp³-hybridized carbons (Fsp3) is 0.481. The van der Waals surface area contributed by atoms with Crippen molar-refractivity contribution in [3.63, 3.8) is 0 Å². The van der Waals surface area contributed by atoms with E-state index in [9.17, 15) is 32.9 Å². The van der Waals surface area contributed by atoms with Gasteiger partial charge in [0.05, 0.1) is 23.5 Å². The summed E-state index contributed by atoms with van der Waals surface area (Å²) in [5.74, 6) is -3.71. The topological polar surface area (TPSA) is 137 Å². The van der Waals surface area contributed by atoms with E-state index in [1.807, 2.05) is 19.9 Å². The maximum atomic E-state index is 13.7. The third-order valence-electron chi connectivity index (χ3n) is 6.67. The molecule has 3 N–H and O–H groups in total. The summed E-state index contributed by atoms with van der Waals surface area (Å²) >= 11 is 0. The highest BCUT2D eigenvalue weighted by Crippen LogP contribution is 2.34. The van der Waals surface area contributed by atoms with E-state index in [4.69, 9.17) is 4.84 Å². The number of halogens is 1. The Morgan fingerprint density at radius 3 is 2.45 bits per heavy atom. The van der Waals surface area contributed by atoms with Gasteiger partial charge in [0.15, 0.2) is 9.84 Å². The molecule has 0 spiro atoms. The number of dihydropyridines is 1. The van der Waals surface area contributed by atoms with Gasteiger partial charge in [-0.05, 0) is 43.0 Å². The van der Waals surface area contributed by atoms with Gasteiger partial charge in [-0.1, -0.05) is 39.0 Å². The number of hydroxylamine groups is 2. The fourth-order valence-electron chi connectivity index (χ4n) is 4.30. The van der Waals surface area contributed by atoms with Crippen molar-refractivity contribution >= 4 is 27.1 Å². The molecule has 0 saturated heterocycles. The summed E-state index contributed by atoms with van der Waals surface area (Å²) in [6.07, 6.45) is 1.04. The van der Waals surface area contributed by atoms with Crippen LogP contribution in [-0.2, 0) is 19.5 Å². The van der Waals surface area contributed by atoms with Crippen molar-refractivity contribution < 1.29 is 37.8 Å². The summed E-state index contributed by atoms with van der Waals surface area (Å²) in [4.78, 5) is 22.6. The zero-order valence-electron chi connectivity index (χ0n) is 21.9. The van der Waals surface area contributed by atoms with E-state index >= 15 is 0 Å². The van der Waals surface area contributed by atoms with Gasteiger partial charge < -0.3 is 15.3 Å². The number of carboxylic acids is 1. The van der Waals surface area contributed by atoms with Crippen LogP contribution in [-0.4, -0.2) is 77.6 Å². The number of carboxylic acid groups (broad SMARTS) is 1. The van der Waals surface area contributed by atoms with Gasteiger partial charge >= 0.3 is 5.97 Å². The number of aliphatic hydroxyl groups is 2. The molecule has 0 aromatic heterocycles. The van der Waals surface area contributed by atoms with E-state index in [2.05, 4.69) is 4.99 Å². The molecule has 1 aromatic rings. The van der Waals surface area contributed by atoms with Gasteiger partial charge in [0.2, 0.25) is 0 Å². The number of hydrogen-bond donors (Lipinski definition) is 3. The van der Waals surface area contributed by atoms with Crippen LogP contribution in [0.5, 0.6) is 0 Å². The van der Waals surface area contributed by atoms with E-state index < -0.39 is 45.8 Å². The van der Waals surface area contributed by atoms with Crippen molar-refractivity contribution in [3.8, 4) is 0 Å². The Morgan fingerprint density at radius 1 is 1.21 bits per heavy atom. The molecular formula is C27H35FN2O7S. The third-order valence-corrected chi connectivity index (χ3v) is 8.09. The van der Waals surface area contributed by atoms with Crippen LogP contribution in [0, 0.1) is 17.7 Å². The summed E-state index contributed by atoms with van der Waals surface area (Å²) < 4.78 is 39.0. The van der Waals surface area contributed by atoms with E-state index in [-0.39, 0.29) is 29.4 Å². The lowest BCUT2D eigenvalue weighted by Gasteiger charge is -2.41. The monoisotopic (exact) mass is 550 g/mol. The number of aliphatic hydroxyl groups excluding tert-OH is 2. The van der Waals surface area contributed by atoms with Crippen molar-refractivity contribution in [1.29, 1.82) is 0 Å². The molecule has 0 radical (unpaired) electrons. The molecule has 0 fully saturated rings. The molecule has 4 atom stereocenters. The normalized spacial score (nSPS) is 19.9. The highest BCUT2D eigenvalue weighted by molar-refractivity contribution is 7.94. The second-order valence-electron chi connectivity index (χ2n) is 9.69. The maximum absolute atomic E-state index is 13.7. The van der Waals surface area contributed by atoms with Crippen LogP contribution in [0.1, 0.15) is 39.7 Å². The zero-order chi connectivity index (χ0) is 28.2. The molecule has 2 heterocycles. The highest BCUT2D eigenvalue weighted by atomic mass is 32.2. The second kappa shape index (κ2) is 12.3. The quantitative estimate of drug-likeness (QED) is 0.405. The average Bonchev–Trinajstić information content (AvgIpc) is 3.07. The number of carbonyl (C=O) groups is 1. The first-order valence-electron chi connectivity index (χ1n) is 12.5. The Hall–Kier alpha value is -2.86. The van der Waals surface area contributed by atoms with Crippen molar-refractivity contribution in [2.75, 3.05) is 18.9 Å². The van der Waals surface area contributed by atoms with Crippen LogP contribution in [0.25, 0.3) is 5.57 Å². The number of benzene rings is 1. The number of hydrogen-bond acceptors (Lipinski definition) is 8. The standard InChI is InChI=1S/C27H35FN2O7S/c1-5-38(35,36)15-21(18-8-10-20(28)11-9-18)26(32)24(25(31)17(4)27(33)34)30-23(16(2)3)13-22-19(14-37-30)7-6-12-29-22/h7-11,13,15-17,24-26,31-32H,5-6,12,14H2,1-4H3,(H,33,34)/b21-15+/t17-,24?,25+,26-/m0/s1. The molecule has 0 amide bonds. The van der Waals surface area contributed by atoms with Gasteiger partial charge in [0, 0.05) is 28.8 Å². The van der Waals surface area contributed by atoms with Crippen LogP contribution >= 0.6 is 0 Å². The Labute approximate surface area is 222 Å². The number of rotatable bonds is 10. The van der Waals surface area contributed by atoms with Crippen LogP contribution in [0.2, 0.25) is 0 Å². The predicted octanol–water partition coefficient (Wildman–Crippen LogP) is 2.97. The Bertz CT molecular complexity index is 1250. The van der Waals surface area contributed by atoms with Crippen LogP contribution in [0.3, 0.4) is 0 Å².